The maximum Gasteiger partial charge on any atom is 0.339 e. The Kier molecular flexibility index (Phi) is 5.30. The highest BCUT2D eigenvalue weighted by Crippen LogP contribution is 2.30. The SMILES string of the molecule is CCC1CCC(Nc2cc(Cl)ccc2C(=O)OC)CC1. The standard InChI is InChI=1S/C16H22ClNO2/c1-3-11-4-7-13(8-5-11)18-15-10-12(17)6-9-14(15)16(19)20-2/h6,9-11,13,18H,3-5,7-8H2,1-2H3. The Morgan fingerprint density at radius 3 is 2.65 bits per heavy atom. The molecule has 0 amide bonds. The van der Waals surface area contributed by atoms with Crippen molar-refractivity contribution >= 4 is 23.3 Å². The molecular weight excluding hydrogens is 274 g/mol. The third-order valence-electron chi connectivity index (χ3n) is 4.17. The molecule has 0 atom stereocenters. The highest BCUT2D eigenvalue weighted by Gasteiger charge is 2.21. The summed E-state index contributed by atoms with van der Waals surface area (Å²) in [6.45, 7) is 2.25. The number of anilines is 1. The fourth-order valence-electron chi connectivity index (χ4n) is 2.86. The summed E-state index contributed by atoms with van der Waals surface area (Å²) < 4.78 is 4.82. The van der Waals surface area contributed by atoms with Crippen molar-refractivity contribution in [2.45, 2.75) is 45.1 Å². The van der Waals surface area contributed by atoms with Gasteiger partial charge in [-0.3, -0.25) is 0 Å². The minimum Gasteiger partial charge on any atom is -0.465 e. The van der Waals surface area contributed by atoms with E-state index in [1.165, 1.54) is 26.4 Å². The van der Waals surface area contributed by atoms with Crippen molar-refractivity contribution in [2.24, 2.45) is 5.92 Å². The van der Waals surface area contributed by atoms with Crippen molar-refractivity contribution in [2.75, 3.05) is 12.4 Å². The molecule has 1 aliphatic rings. The molecule has 0 radical (unpaired) electrons. The van der Waals surface area contributed by atoms with Crippen LogP contribution in [0.1, 0.15) is 49.4 Å². The number of hydrogen-bond donors (Lipinski definition) is 1. The molecule has 1 saturated carbocycles. The van der Waals surface area contributed by atoms with Gasteiger partial charge in [0.25, 0.3) is 0 Å². The summed E-state index contributed by atoms with van der Waals surface area (Å²) >= 11 is 6.04. The number of halogens is 1. The van der Waals surface area contributed by atoms with Crippen LogP contribution in [0.15, 0.2) is 18.2 Å². The number of nitrogens with one attached hydrogen (secondary N) is 1. The first-order valence-corrected chi connectivity index (χ1v) is 7.66. The first kappa shape index (κ1) is 15.2. The van der Waals surface area contributed by atoms with Crippen LogP contribution in [-0.4, -0.2) is 19.1 Å². The summed E-state index contributed by atoms with van der Waals surface area (Å²) in [6, 6.07) is 5.65. The van der Waals surface area contributed by atoms with E-state index in [1.807, 2.05) is 0 Å². The van der Waals surface area contributed by atoms with Gasteiger partial charge >= 0.3 is 5.97 Å². The first-order chi connectivity index (χ1) is 9.63. The van der Waals surface area contributed by atoms with Crippen LogP contribution in [0.4, 0.5) is 5.69 Å². The van der Waals surface area contributed by atoms with Gasteiger partial charge in [0, 0.05) is 11.1 Å². The second-order valence-corrected chi connectivity index (χ2v) is 5.89. The fraction of sp³-hybridized carbons (Fsp3) is 0.562. The van der Waals surface area contributed by atoms with E-state index in [1.54, 1.807) is 18.2 Å². The molecule has 0 heterocycles. The van der Waals surface area contributed by atoms with Crippen LogP contribution >= 0.6 is 11.6 Å². The zero-order valence-electron chi connectivity index (χ0n) is 12.1. The molecular formula is C16H22ClNO2. The number of methoxy groups -OCH3 is 1. The van der Waals surface area contributed by atoms with Crippen molar-refractivity contribution in [3.05, 3.63) is 28.8 Å². The number of rotatable bonds is 4. The summed E-state index contributed by atoms with van der Waals surface area (Å²) in [5.74, 6) is 0.527. The van der Waals surface area contributed by atoms with Crippen LogP contribution in [-0.2, 0) is 4.74 Å². The maximum atomic E-state index is 11.8. The lowest BCUT2D eigenvalue weighted by Gasteiger charge is -2.29. The van der Waals surface area contributed by atoms with Gasteiger partial charge in [-0.1, -0.05) is 24.9 Å². The van der Waals surface area contributed by atoms with E-state index in [0.29, 0.717) is 16.6 Å². The minimum atomic E-state index is -0.327. The van der Waals surface area contributed by atoms with E-state index in [-0.39, 0.29) is 5.97 Å². The summed E-state index contributed by atoms with van der Waals surface area (Å²) in [5, 5.41) is 4.09. The van der Waals surface area contributed by atoms with Crippen LogP contribution in [0.25, 0.3) is 0 Å². The summed E-state index contributed by atoms with van der Waals surface area (Å²) in [6.07, 6.45) is 6.05. The fourth-order valence-corrected chi connectivity index (χ4v) is 3.03. The van der Waals surface area contributed by atoms with Crippen molar-refractivity contribution < 1.29 is 9.53 Å². The molecule has 0 bridgehead atoms. The lowest BCUT2D eigenvalue weighted by atomic mass is 9.84. The molecule has 1 N–H and O–H groups in total. The second-order valence-electron chi connectivity index (χ2n) is 5.45. The number of esters is 1. The average Bonchev–Trinajstić information content (AvgIpc) is 2.47. The van der Waals surface area contributed by atoms with Gasteiger partial charge in [0.2, 0.25) is 0 Å². The Balaban J connectivity index is 2.08. The van der Waals surface area contributed by atoms with Gasteiger partial charge in [0.05, 0.1) is 18.4 Å². The van der Waals surface area contributed by atoms with E-state index in [9.17, 15) is 4.79 Å². The van der Waals surface area contributed by atoms with Gasteiger partial charge in [0.1, 0.15) is 0 Å². The second kappa shape index (κ2) is 6.98. The molecule has 0 aromatic heterocycles. The zero-order valence-corrected chi connectivity index (χ0v) is 12.9. The van der Waals surface area contributed by atoms with Crippen molar-refractivity contribution in [3.63, 3.8) is 0 Å². The molecule has 1 aliphatic carbocycles. The monoisotopic (exact) mass is 295 g/mol. The highest BCUT2D eigenvalue weighted by molar-refractivity contribution is 6.31. The molecule has 0 aliphatic heterocycles. The molecule has 4 heteroatoms. The molecule has 1 aromatic rings. The van der Waals surface area contributed by atoms with Gasteiger partial charge in [0.15, 0.2) is 0 Å². The molecule has 110 valence electrons. The molecule has 3 nitrogen and oxygen atoms in total. The van der Waals surface area contributed by atoms with E-state index in [2.05, 4.69) is 12.2 Å². The molecule has 0 saturated heterocycles. The topological polar surface area (TPSA) is 38.3 Å². The normalized spacial score (nSPS) is 22.4. The van der Waals surface area contributed by atoms with Gasteiger partial charge < -0.3 is 10.1 Å². The number of carbonyl (C=O) groups excluding carboxylic acids is 1. The molecule has 2 rings (SSSR count). The van der Waals surface area contributed by atoms with Crippen LogP contribution < -0.4 is 5.32 Å². The Morgan fingerprint density at radius 1 is 1.35 bits per heavy atom. The van der Waals surface area contributed by atoms with Crippen LogP contribution in [0, 0.1) is 5.92 Å². The molecule has 0 unspecified atom stereocenters. The summed E-state index contributed by atoms with van der Waals surface area (Å²) in [7, 11) is 1.40. The highest BCUT2D eigenvalue weighted by atomic mass is 35.5. The quantitative estimate of drug-likeness (QED) is 0.831. The third kappa shape index (κ3) is 3.66. The molecule has 20 heavy (non-hydrogen) atoms. The predicted octanol–water partition coefficient (Wildman–Crippen LogP) is 4.51. The third-order valence-corrected chi connectivity index (χ3v) is 4.41. The van der Waals surface area contributed by atoms with Gasteiger partial charge in [-0.2, -0.15) is 0 Å². The first-order valence-electron chi connectivity index (χ1n) is 7.28. The van der Waals surface area contributed by atoms with Gasteiger partial charge in [-0.25, -0.2) is 4.79 Å². The van der Waals surface area contributed by atoms with Crippen LogP contribution in [0.3, 0.4) is 0 Å². The van der Waals surface area contributed by atoms with Gasteiger partial charge in [-0.05, 0) is 49.8 Å². The number of benzene rings is 1. The Bertz CT molecular complexity index is 468. The van der Waals surface area contributed by atoms with Crippen LogP contribution in [0.2, 0.25) is 5.02 Å². The smallest absolute Gasteiger partial charge is 0.339 e. The lowest BCUT2D eigenvalue weighted by Crippen LogP contribution is -2.26. The number of ether oxygens (including phenoxy) is 1. The minimum absolute atomic E-state index is 0.327. The van der Waals surface area contributed by atoms with Crippen LogP contribution in [0.5, 0.6) is 0 Å². The lowest BCUT2D eigenvalue weighted by molar-refractivity contribution is 0.0602. The Morgan fingerprint density at radius 2 is 2.05 bits per heavy atom. The van der Waals surface area contributed by atoms with Gasteiger partial charge in [-0.15, -0.1) is 0 Å². The molecule has 0 spiro atoms. The average molecular weight is 296 g/mol. The molecule has 1 fully saturated rings. The van der Waals surface area contributed by atoms with Crippen molar-refractivity contribution in [1.29, 1.82) is 0 Å². The summed E-state index contributed by atoms with van der Waals surface area (Å²) in [5.41, 5.74) is 1.33. The largest absolute Gasteiger partial charge is 0.465 e. The zero-order chi connectivity index (χ0) is 14.5. The molecule has 1 aromatic carbocycles. The van der Waals surface area contributed by atoms with E-state index in [0.717, 1.165) is 24.4 Å². The van der Waals surface area contributed by atoms with E-state index in [4.69, 9.17) is 16.3 Å². The number of hydrogen-bond acceptors (Lipinski definition) is 3. The Labute approximate surface area is 125 Å². The summed E-state index contributed by atoms with van der Waals surface area (Å²) in [4.78, 5) is 11.8. The van der Waals surface area contributed by atoms with E-state index >= 15 is 0 Å². The number of carbonyl (C=O) groups is 1. The maximum absolute atomic E-state index is 11.8. The van der Waals surface area contributed by atoms with Crippen molar-refractivity contribution in [1.82, 2.24) is 0 Å². The Hall–Kier alpha value is -1.22. The predicted molar refractivity (Wildman–Crippen MR) is 82.5 cm³/mol. The van der Waals surface area contributed by atoms with E-state index < -0.39 is 0 Å². The van der Waals surface area contributed by atoms with Crippen molar-refractivity contribution in [3.8, 4) is 0 Å².